The summed E-state index contributed by atoms with van der Waals surface area (Å²) >= 11 is 0. The summed E-state index contributed by atoms with van der Waals surface area (Å²) in [7, 11) is 0. The lowest BCUT2D eigenvalue weighted by molar-refractivity contribution is 0.0724. The van der Waals surface area contributed by atoms with Crippen molar-refractivity contribution in [2.24, 2.45) is 0 Å². The Labute approximate surface area is 292 Å². The number of fused-ring (bicyclic) bond motifs is 1. The van der Waals surface area contributed by atoms with Gasteiger partial charge in [-0.3, -0.25) is 4.90 Å². The van der Waals surface area contributed by atoms with Crippen LogP contribution in [0.1, 0.15) is 69.7 Å². The van der Waals surface area contributed by atoms with E-state index in [0.717, 1.165) is 53.2 Å². The number of likely N-dealkylation sites (tertiary alicyclic amines) is 1. The highest BCUT2D eigenvalue weighted by Gasteiger charge is 2.30. The molecular weight excluding hydrogens is 626 g/mol. The van der Waals surface area contributed by atoms with Crippen LogP contribution in [0.3, 0.4) is 0 Å². The molecule has 252 valence electrons. The van der Waals surface area contributed by atoms with Crippen LogP contribution in [0.2, 0.25) is 0 Å². The molecule has 0 amide bonds. The molecule has 7 nitrogen and oxygen atoms in total. The number of ether oxygens (including phenoxy) is 4. The molecule has 0 aliphatic carbocycles. The molecule has 0 saturated carbocycles. The summed E-state index contributed by atoms with van der Waals surface area (Å²) in [6.07, 6.45) is 3.36. The van der Waals surface area contributed by atoms with Gasteiger partial charge in [-0.25, -0.2) is 9.59 Å². The second-order valence-corrected chi connectivity index (χ2v) is 12.5. The first-order valence-electron chi connectivity index (χ1n) is 17.1. The van der Waals surface area contributed by atoms with Crippen molar-refractivity contribution in [1.82, 2.24) is 4.90 Å². The maximum Gasteiger partial charge on any atom is 0.343 e. The molecule has 0 spiro atoms. The number of piperidine rings is 1. The molecule has 50 heavy (non-hydrogen) atoms. The first kappa shape index (κ1) is 32.9. The normalized spacial score (nSPS) is 15.8. The Bertz CT molecular complexity index is 1960. The zero-order valence-electron chi connectivity index (χ0n) is 28.0. The molecule has 2 aliphatic heterocycles. The molecule has 1 atom stereocenters. The largest absolute Gasteiger partial charge is 0.492 e. The van der Waals surface area contributed by atoms with Crippen LogP contribution >= 0.6 is 0 Å². The first-order valence-corrected chi connectivity index (χ1v) is 17.1. The van der Waals surface area contributed by atoms with E-state index < -0.39 is 18.0 Å². The molecular formula is C43H39NO6. The number of rotatable bonds is 10. The molecule has 1 unspecified atom stereocenters. The van der Waals surface area contributed by atoms with Gasteiger partial charge >= 0.3 is 11.9 Å². The molecule has 0 radical (unpaired) electrons. The number of carbonyl (C=O) groups excluding carboxylic acids is 2. The second-order valence-electron chi connectivity index (χ2n) is 12.5. The molecule has 1 fully saturated rings. The predicted octanol–water partition coefficient (Wildman–Crippen LogP) is 9.05. The van der Waals surface area contributed by atoms with Gasteiger partial charge in [-0.15, -0.1) is 0 Å². The molecule has 1 saturated heterocycles. The van der Waals surface area contributed by atoms with Crippen molar-refractivity contribution < 1.29 is 28.5 Å². The van der Waals surface area contributed by atoms with Gasteiger partial charge in [0.2, 0.25) is 0 Å². The van der Waals surface area contributed by atoms with E-state index in [9.17, 15) is 9.59 Å². The highest BCUT2D eigenvalue weighted by molar-refractivity contribution is 5.96. The third kappa shape index (κ3) is 7.64. The van der Waals surface area contributed by atoms with Crippen molar-refractivity contribution in [2.45, 2.75) is 32.3 Å². The van der Waals surface area contributed by atoms with E-state index in [1.807, 2.05) is 54.6 Å². The van der Waals surface area contributed by atoms with Gasteiger partial charge in [-0.1, -0.05) is 67.1 Å². The van der Waals surface area contributed by atoms with Crippen LogP contribution in [-0.2, 0) is 0 Å². The maximum atomic E-state index is 12.8. The van der Waals surface area contributed by atoms with Crippen LogP contribution in [0.25, 0.3) is 11.1 Å². The Kier molecular flexibility index (Phi) is 10.0. The van der Waals surface area contributed by atoms with Gasteiger partial charge in [0.05, 0.1) is 11.1 Å². The first-order chi connectivity index (χ1) is 24.5. The Hall–Kier alpha value is -5.66. The molecule has 2 aliphatic rings. The van der Waals surface area contributed by atoms with Crippen LogP contribution < -0.4 is 18.9 Å². The third-order valence-electron chi connectivity index (χ3n) is 9.18. The maximum absolute atomic E-state index is 12.8. The van der Waals surface area contributed by atoms with Crippen LogP contribution in [0, 0.1) is 0 Å². The number of carbonyl (C=O) groups is 2. The van der Waals surface area contributed by atoms with E-state index in [2.05, 4.69) is 11.8 Å². The molecule has 5 aromatic rings. The second kappa shape index (κ2) is 15.3. The van der Waals surface area contributed by atoms with Gasteiger partial charge < -0.3 is 18.9 Å². The highest BCUT2D eigenvalue weighted by Crippen LogP contribution is 2.48. The summed E-state index contributed by atoms with van der Waals surface area (Å²) in [4.78, 5) is 28.0. The zero-order chi connectivity index (χ0) is 34.3. The fraction of sp³-hybridized carbons (Fsp3) is 0.209. The van der Waals surface area contributed by atoms with E-state index in [1.165, 1.54) is 19.3 Å². The van der Waals surface area contributed by atoms with Crippen LogP contribution in [0.15, 0.2) is 127 Å². The summed E-state index contributed by atoms with van der Waals surface area (Å²) in [6.45, 7) is 5.91. The van der Waals surface area contributed by atoms with Gasteiger partial charge in [0.1, 0.15) is 35.7 Å². The predicted molar refractivity (Wildman–Crippen MR) is 194 cm³/mol. The number of hydrogen-bond acceptors (Lipinski definition) is 7. The lowest BCUT2D eigenvalue weighted by Crippen LogP contribution is -2.33. The Morgan fingerprint density at radius 1 is 0.680 bits per heavy atom. The molecule has 2 heterocycles. The smallest absolute Gasteiger partial charge is 0.343 e. The lowest BCUT2D eigenvalue weighted by Gasteiger charge is -2.31. The molecule has 5 aromatic carbocycles. The van der Waals surface area contributed by atoms with E-state index in [4.69, 9.17) is 18.9 Å². The Morgan fingerprint density at radius 3 is 1.90 bits per heavy atom. The fourth-order valence-electron chi connectivity index (χ4n) is 6.50. The molecule has 0 N–H and O–H groups in total. The van der Waals surface area contributed by atoms with Gasteiger partial charge in [-0.2, -0.15) is 0 Å². The van der Waals surface area contributed by atoms with Gasteiger partial charge in [0, 0.05) is 23.7 Å². The van der Waals surface area contributed by atoms with Gasteiger partial charge in [0.25, 0.3) is 0 Å². The number of hydrogen-bond donors (Lipinski definition) is 0. The highest BCUT2D eigenvalue weighted by atomic mass is 16.5. The Balaban J connectivity index is 1.15. The summed E-state index contributed by atoms with van der Waals surface area (Å²) < 4.78 is 24.3. The van der Waals surface area contributed by atoms with Gasteiger partial charge in [-0.05, 0) is 110 Å². The van der Waals surface area contributed by atoms with Crippen LogP contribution in [0.4, 0.5) is 0 Å². The lowest BCUT2D eigenvalue weighted by atomic mass is 9.86. The molecule has 7 rings (SSSR count). The van der Waals surface area contributed by atoms with E-state index in [-0.39, 0.29) is 0 Å². The minimum absolute atomic E-state index is 0.398. The topological polar surface area (TPSA) is 74.3 Å². The zero-order valence-corrected chi connectivity index (χ0v) is 28.0. The average Bonchev–Trinajstić information content (AvgIpc) is 3.16. The summed E-state index contributed by atoms with van der Waals surface area (Å²) in [5, 5.41) is 0. The summed E-state index contributed by atoms with van der Waals surface area (Å²) in [6, 6.07) is 38.9. The van der Waals surface area contributed by atoms with Crippen molar-refractivity contribution in [3.63, 3.8) is 0 Å². The number of nitrogens with zero attached hydrogens (tertiary/aromatic N) is 1. The summed E-state index contributed by atoms with van der Waals surface area (Å²) in [5.41, 5.74) is 5.73. The van der Waals surface area contributed by atoms with Crippen LogP contribution in [0.5, 0.6) is 23.0 Å². The third-order valence-corrected chi connectivity index (χ3v) is 9.18. The number of benzene rings is 5. The quantitative estimate of drug-likeness (QED) is 0.109. The number of allylic oxidation sites excluding steroid dienone is 1. The van der Waals surface area contributed by atoms with Crippen molar-refractivity contribution in [3.8, 4) is 23.0 Å². The molecule has 0 bridgehead atoms. The van der Waals surface area contributed by atoms with E-state index in [0.29, 0.717) is 35.0 Å². The van der Waals surface area contributed by atoms with Crippen molar-refractivity contribution in [3.05, 3.63) is 155 Å². The van der Waals surface area contributed by atoms with Crippen molar-refractivity contribution >= 4 is 23.1 Å². The molecule has 7 heteroatoms. The average molecular weight is 666 g/mol. The van der Waals surface area contributed by atoms with Gasteiger partial charge in [0.15, 0.2) is 0 Å². The summed E-state index contributed by atoms with van der Waals surface area (Å²) in [5.74, 6) is 1.42. The monoisotopic (exact) mass is 665 g/mol. The van der Waals surface area contributed by atoms with E-state index in [1.54, 1.807) is 72.8 Å². The SMILES string of the molecule is CC1=C(c2ccc(OC(=O)c3ccccc3)cc2)C(c2ccc(OCCN3CCCCC3)cc2)Oc2cc(OC(=O)c3ccccc3)ccc21. The molecule has 0 aromatic heterocycles. The van der Waals surface area contributed by atoms with E-state index >= 15 is 0 Å². The van der Waals surface area contributed by atoms with Crippen LogP contribution in [-0.4, -0.2) is 43.1 Å². The minimum Gasteiger partial charge on any atom is -0.492 e. The van der Waals surface area contributed by atoms with Crippen molar-refractivity contribution in [2.75, 3.05) is 26.2 Å². The minimum atomic E-state index is -0.470. The number of esters is 2. The Morgan fingerprint density at radius 2 is 1.26 bits per heavy atom. The fourth-order valence-corrected chi connectivity index (χ4v) is 6.50. The standard InChI is InChI=1S/C43H39NO6/c1-30-38-24-23-37(49-43(46)34-13-7-3-8-14-34)29-39(38)50-41(32-17-19-35(20-18-32)47-28-27-44-25-9-4-10-26-44)40(30)31-15-21-36(22-16-31)48-42(45)33-11-5-2-6-12-33/h2-3,5-8,11-24,29,41H,4,9-10,25-28H2,1H3. The van der Waals surface area contributed by atoms with Crippen molar-refractivity contribution in [1.29, 1.82) is 0 Å².